The van der Waals surface area contributed by atoms with Gasteiger partial charge in [0.15, 0.2) is 0 Å². The number of rotatable bonds is 8. The van der Waals surface area contributed by atoms with Crippen LogP contribution in [-0.2, 0) is 10.2 Å². The number of carboxylic acid groups (broad SMARTS) is 1. The van der Waals surface area contributed by atoms with Gasteiger partial charge < -0.3 is 10.4 Å². The zero-order valence-electron chi connectivity index (χ0n) is 17.1. The molecule has 0 saturated heterocycles. The zero-order chi connectivity index (χ0) is 22.1. The van der Waals surface area contributed by atoms with E-state index in [2.05, 4.69) is 34.6 Å². The second kappa shape index (κ2) is 8.16. The van der Waals surface area contributed by atoms with Crippen LogP contribution in [0.2, 0.25) is 0 Å². The molecule has 0 unspecified atom stereocenters. The van der Waals surface area contributed by atoms with Crippen molar-refractivity contribution in [2.75, 3.05) is 11.9 Å². The SMILES string of the molecule is O=C(O)CCCNc1ccc(-c2nc3ccc(C4(c5ccccc5)C=C4)nc3s2)c(F)c1. The lowest BCUT2D eigenvalue weighted by Crippen LogP contribution is -2.12. The molecule has 5 rings (SSSR count). The van der Waals surface area contributed by atoms with Crippen LogP contribution in [0.1, 0.15) is 24.1 Å². The first kappa shape index (κ1) is 20.3. The first-order valence-corrected chi connectivity index (χ1v) is 11.2. The Kier molecular flexibility index (Phi) is 5.19. The number of allylic oxidation sites excluding steroid dienone is 2. The number of carbonyl (C=O) groups is 1. The van der Waals surface area contributed by atoms with Crippen LogP contribution in [0.15, 0.2) is 72.8 Å². The van der Waals surface area contributed by atoms with E-state index in [9.17, 15) is 9.18 Å². The molecule has 1 aliphatic carbocycles. The van der Waals surface area contributed by atoms with E-state index in [-0.39, 0.29) is 17.7 Å². The normalized spacial score (nSPS) is 13.9. The minimum atomic E-state index is -0.840. The van der Waals surface area contributed by atoms with Crippen LogP contribution >= 0.6 is 11.3 Å². The Morgan fingerprint density at radius 2 is 1.88 bits per heavy atom. The number of pyridine rings is 1. The third-order valence-electron chi connectivity index (χ3n) is 5.53. The lowest BCUT2D eigenvalue weighted by molar-refractivity contribution is -0.137. The third-order valence-corrected chi connectivity index (χ3v) is 6.53. The van der Waals surface area contributed by atoms with Gasteiger partial charge in [0.25, 0.3) is 0 Å². The van der Waals surface area contributed by atoms with Crippen LogP contribution in [0.4, 0.5) is 10.1 Å². The van der Waals surface area contributed by atoms with Gasteiger partial charge in [-0.25, -0.2) is 14.4 Å². The van der Waals surface area contributed by atoms with E-state index >= 15 is 0 Å². The van der Waals surface area contributed by atoms with Gasteiger partial charge in [0.05, 0.1) is 11.1 Å². The number of nitrogens with zero attached hydrogens (tertiary/aromatic N) is 2. The van der Waals surface area contributed by atoms with E-state index < -0.39 is 5.97 Å². The molecule has 2 aromatic heterocycles. The second-order valence-electron chi connectivity index (χ2n) is 7.73. The van der Waals surface area contributed by atoms with Crippen LogP contribution < -0.4 is 5.32 Å². The predicted octanol–water partition coefficient (Wildman–Crippen LogP) is 5.63. The summed E-state index contributed by atoms with van der Waals surface area (Å²) in [5.41, 5.74) is 3.63. The van der Waals surface area contributed by atoms with Gasteiger partial charge in [0.2, 0.25) is 0 Å². The summed E-state index contributed by atoms with van der Waals surface area (Å²) in [5.74, 6) is -1.22. The maximum atomic E-state index is 14.8. The van der Waals surface area contributed by atoms with Crippen LogP contribution in [0.5, 0.6) is 0 Å². The molecule has 2 aromatic carbocycles. The molecule has 2 heterocycles. The van der Waals surface area contributed by atoms with Gasteiger partial charge in [-0.2, -0.15) is 0 Å². The van der Waals surface area contributed by atoms with Gasteiger partial charge in [-0.3, -0.25) is 4.79 Å². The van der Waals surface area contributed by atoms with Crippen molar-refractivity contribution in [1.29, 1.82) is 0 Å². The highest BCUT2D eigenvalue weighted by Crippen LogP contribution is 2.45. The van der Waals surface area contributed by atoms with E-state index in [0.29, 0.717) is 29.2 Å². The molecular formula is C25H20FN3O2S. The number of carboxylic acids is 1. The van der Waals surface area contributed by atoms with Crippen LogP contribution in [-0.4, -0.2) is 27.6 Å². The second-order valence-corrected chi connectivity index (χ2v) is 8.70. The van der Waals surface area contributed by atoms with Crippen LogP contribution in [0.3, 0.4) is 0 Å². The Hall–Kier alpha value is -3.58. The molecule has 2 N–H and O–H groups in total. The molecule has 0 aliphatic heterocycles. The largest absolute Gasteiger partial charge is 0.481 e. The van der Waals surface area contributed by atoms with E-state index in [0.717, 1.165) is 16.0 Å². The Labute approximate surface area is 188 Å². The fourth-order valence-corrected chi connectivity index (χ4v) is 4.71. The molecule has 0 radical (unpaired) electrons. The van der Waals surface area contributed by atoms with E-state index in [4.69, 9.17) is 10.1 Å². The number of aromatic nitrogens is 2. The van der Waals surface area contributed by atoms with Crippen LogP contribution in [0, 0.1) is 5.82 Å². The number of hydrogen-bond donors (Lipinski definition) is 2. The number of nitrogens with one attached hydrogen (secondary N) is 1. The highest BCUT2D eigenvalue weighted by atomic mass is 32.1. The summed E-state index contributed by atoms with van der Waals surface area (Å²) in [6.45, 7) is 0.468. The molecular weight excluding hydrogens is 425 g/mol. The van der Waals surface area contributed by atoms with Gasteiger partial charge in [0.1, 0.15) is 21.2 Å². The minimum Gasteiger partial charge on any atom is -0.481 e. The van der Waals surface area contributed by atoms with Crippen molar-refractivity contribution in [2.24, 2.45) is 0 Å². The average molecular weight is 446 g/mol. The third kappa shape index (κ3) is 3.87. The molecule has 5 nitrogen and oxygen atoms in total. The molecule has 0 bridgehead atoms. The predicted molar refractivity (Wildman–Crippen MR) is 125 cm³/mol. The van der Waals surface area contributed by atoms with Gasteiger partial charge >= 0.3 is 5.97 Å². The summed E-state index contributed by atoms with van der Waals surface area (Å²) >= 11 is 1.37. The van der Waals surface area contributed by atoms with E-state index in [1.165, 1.54) is 23.0 Å². The van der Waals surface area contributed by atoms with Crippen molar-refractivity contribution < 1.29 is 14.3 Å². The molecule has 0 saturated carbocycles. The number of thiazole rings is 1. The molecule has 32 heavy (non-hydrogen) atoms. The fraction of sp³-hybridized carbons (Fsp3) is 0.160. The molecule has 0 fully saturated rings. The molecule has 0 spiro atoms. The summed E-state index contributed by atoms with van der Waals surface area (Å²) < 4.78 is 14.8. The first-order valence-electron chi connectivity index (χ1n) is 10.3. The van der Waals surface area contributed by atoms with Crippen molar-refractivity contribution in [2.45, 2.75) is 18.3 Å². The highest BCUT2D eigenvalue weighted by Gasteiger charge is 2.39. The monoisotopic (exact) mass is 445 g/mol. The van der Waals surface area contributed by atoms with Gasteiger partial charge in [-0.1, -0.05) is 53.8 Å². The maximum Gasteiger partial charge on any atom is 0.303 e. The molecule has 4 aromatic rings. The molecule has 7 heteroatoms. The average Bonchev–Trinajstić information content (AvgIpc) is 3.50. The quantitative estimate of drug-likeness (QED) is 0.272. The summed E-state index contributed by atoms with van der Waals surface area (Å²) in [6, 6.07) is 19.0. The van der Waals surface area contributed by atoms with Crippen molar-refractivity contribution in [1.82, 2.24) is 9.97 Å². The summed E-state index contributed by atoms with van der Waals surface area (Å²) in [5, 5.41) is 12.3. The van der Waals surface area contributed by atoms with Gasteiger partial charge in [-0.15, -0.1) is 0 Å². The zero-order valence-corrected chi connectivity index (χ0v) is 17.9. The Bertz CT molecular complexity index is 1330. The highest BCUT2D eigenvalue weighted by molar-refractivity contribution is 7.21. The van der Waals surface area contributed by atoms with Crippen LogP contribution in [0.25, 0.3) is 20.9 Å². The van der Waals surface area contributed by atoms with Crippen molar-refractivity contribution in [3.05, 3.63) is 89.9 Å². The van der Waals surface area contributed by atoms with Gasteiger partial charge in [0, 0.05) is 24.2 Å². The Morgan fingerprint density at radius 1 is 1.06 bits per heavy atom. The van der Waals surface area contributed by atoms with Crippen molar-refractivity contribution in [3.8, 4) is 10.6 Å². The lowest BCUT2D eigenvalue weighted by atomic mass is 9.89. The van der Waals surface area contributed by atoms with Gasteiger partial charge in [-0.05, 0) is 42.3 Å². The fourth-order valence-electron chi connectivity index (χ4n) is 3.74. The maximum absolute atomic E-state index is 14.8. The number of anilines is 1. The number of aliphatic carboxylic acids is 1. The smallest absolute Gasteiger partial charge is 0.303 e. The van der Waals surface area contributed by atoms with E-state index in [1.54, 1.807) is 12.1 Å². The lowest BCUT2D eigenvalue weighted by Gasteiger charge is -2.15. The standard InChI is InChI=1S/C25H20FN3O2S/c26-19-15-17(27-14-4-7-22(30)31)8-9-18(19)23-28-20-10-11-21(29-24(20)32-23)25(12-13-25)16-5-2-1-3-6-16/h1-3,5-6,8-13,15,27H,4,7,14H2,(H,30,31). The Balaban J connectivity index is 1.38. The number of hydrogen-bond acceptors (Lipinski definition) is 5. The first-order chi connectivity index (χ1) is 15.5. The van der Waals surface area contributed by atoms with Crippen molar-refractivity contribution >= 4 is 33.3 Å². The number of halogens is 1. The topological polar surface area (TPSA) is 75.1 Å². The van der Waals surface area contributed by atoms with E-state index in [1.807, 2.05) is 30.3 Å². The summed E-state index contributed by atoms with van der Waals surface area (Å²) in [7, 11) is 0. The number of fused-ring (bicyclic) bond motifs is 1. The molecule has 1 aliphatic rings. The Morgan fingerprint density at radius 3 is 2.59 bits per heavy atom. The molecule has 0 amide bonds. The summed E-state index contributed by atoms with van der Waals surface area (Å²) in [6.07, 6.45) is 4.83. The minimum absolute atomic E-state index is 0.0787. The molecule has 0 atom stereocenters. The van der Waals surface area contributed by atoms with Crippen molar-refractivity contribution in [3.63, 3.8) is 0 Å². The number of benzene rings is 2. The summed E-state index contributed by atoms with van der Waals surface area (Å²) in [4.78, 5) is 20.8. The molecule has 160 valence electrons.